The summed E-state index contributed by atoms with van der Waals surface area (Å²) in [6, 6.07) is 0. The minimum Gasteiger partial charge on any atom is -0.355 e. The Hall–Kier alpha value is -0.180. The van der Waals surface area contributed by atoms with Gasteiger partial charge in [-0.15, -0.1) is 0 Å². The summed E-state index contributed by atoms with van der Waals surface area (Å²) in [5.41, 5.74) is 0.355. The summed E-state index contributed by atoms with van der Waals surface area (Å²) in [5, 5.41) is 2.96. The summed E-state index contributed by atoms with van der Waals surface area (Å²) < 4.78 is 0. The van der Waals surface area contributed by atoms with Crippen molar-refractivity contribution in [1.82, 2.24) is 5.32 Å². The largest absolute Gasteiger partial charge is 0.355 e. The molecule has 1 atom stereocenters. The molecule has 106 valence electrons. The molecule has 0 heterocycles. The van der Waals surface area contributed by atoms with Crippen molar-refractivity contribution in [2.45, 2.75) is 65.0 Å². The molecule has 0 aliphatic heterocycles. The van der Waals surface area contributed by atoms with Crippen molar-refractivity contribution in [2.75, 3.05) is 6.54 Å². The van der Waals surface area contributed by atoms with Gasteiger partial charge < -0.3 is 5.32 Å². The molecule has 1 amide bonds. The van der Waals surface area contributed by atoms with E-state index in [4.69, 9.17) is 0 Å². The number of carbonyl (C=O) groups is 1. The second-order valence-corrected chi connectivity index (χ2v) is 7.27. The molecule has 0 bridgehead atoms. The van der Waals surface area contributed by atoms with Gasteiger partial charge in [-0.05, 0) is 36.5 Å². The molecule has 0 aromatic heterocycles. The Balaban J connectivity index is 2.50. The van der Waals surface area contributed by atoms with Gasteiger partial charge in [-0.3, -0.25) is 4.79 Å². The molecule has 3 heteroatoms. The fourth-order valence-corrected chi connectivity index (χ4v) is 3.22. The third kappa shape index (κ3) is 4.49. The molecule has 0 aromatic carbocycles. The first-order chi connectivity index (χ1) is 8.36. The molecule has 1 N–H and O–H groups in total. The van der Waals surface area contributed by atoms with Gasteiger partial charge >= 0.3 is 0 Å². The fraction of sp³-hybridized carbons (Fsp3) is 0.933. The predicted octanol–water partition coefficient (Wildman–Crippen LogP) is 3.66. The summed E-state index contributed by atoms with van der Waals surface area (Å²) in [4.78, 5) is 12.0. The van der Waals surface area contributed by atoms with Crippen molar-refractivity contribution in [3.05, 3.63) is 0 Å². The van der Waals surface area contributed by atoms with E-state index in [1.165, 1.54) is 32.1 Å². The van der Waals surface area contributed by atoms with Crippen LogP contribution in [0.1, 0.15) is 59.8 Å². The van der Waals surface area contributed by atoms with Crippen LogP contribution in [0.15, 0.2) is 0 Å². The van der Waals surface area contributed by atoms with E-state index in [9.17, 15) is 4.79 Å². The molecule has 1 aliphatic rings. The Labute approximate surface area is 118 Å². The van der Waals surface area contributed by atoms with Gasteiger partial charge in [-0.25, -0.2) is 0 Å². The highest BCUT2D eigenvalue weighted by Crippen LogP contribution is 2.42. The van der Waals surface area contributed by atoms with Gasteiger partial charge in [0.1, 0.15) is 0 Å². The summed E-state index contributed by atoms with van der Waals surface area (Å²) >= 11 is 4.38. The number of carbonyl (C=O) groups excluding carboxylic acids is 1. The van der Waals surface area contributed by atoms with E-state index < -0.39 is 0 Å². The van der Waals surface area contributed by atoms with E-state index in [-0.39, 0.29) is 17.1 Å². The lowest BCUT2D eigenvalue weighted by molar-refractivity contribution is -0.121. The van der Waals surface area contributed by atoms with Crippen LogP contribution in [-0.2, 0) is 4.79 Å². The maximum Gasteiger partial charge on any atom is 0.233 e. The van der Waals surface area contributed by atoms with Gasteiger partial charge in [0.2, 0.25) is 5.91 Å². The van der Waals surface area contributed by atoms with Gasteiger partial charge in [0.15, 0.2) is 0 Å². The fourth-order valence-electron chi connectivity index (χ4n) is 3.13. The smallest absolute Gasteiger partial charge is 0.233 e. The van der Waals surface area contributed by atoms with Gasteiger partial charge in [-0.2, -0.15) is 12.6 Å². The monoisotopic (exact) mass is 271 g/mol. The minimum atomic E-state index is -0.178. The van der Waals surface area contributed by atoms with E-state index in [0.29, 0.717) is 11.3 Å². The molecule has 1 aliphatic carbocycles. The van der Waals surface area contributed by atoms with Crippen LogP contribution in [0.2, 0.25) is 0 Å². The first-order valence-corrected chi connectivity index (χ1v) is 7.84. The number of hydrogen-bond donors (Lipinski definition) is 2. The van der Waals surface area contributed by atoms with Crippen molar-refractivity contribution >= 4 is 18.5 Å². The second kappa shape index (κ2) is 6.83. The zero-order valence-electron chi connectivity index (χ0n) is 12.3. The van der Waals surface area contributed by atoms with Gasteiger partial charge in [0, 0.05) is 6.54 Å². The van der Waals surface area contributed by atoms with Crippen LogP contribution in [0.4, 0.5) is 0 Å². The Morgan fingerprint density at radius 2 is 1.78 bits per heavy atom. The molecule has 1 fully saturated rings. The Morgan fingerprint density at radius 1 is 1.22 bits per heavy atom. The molecule has 18 heavy (non-hydrogen) atoms. The van der Waals surface area contributed by atoms with E-state index in [1.807, 2.05) is 13.8 Å². The van der Waals surface area contributed by atoms with Crippen molar-refractivity contribution in [2.24, 2.45) is 17.3 Å². The Morgan fingerprint density at radius 3 is 2.22 bits per heavy atom. The average Bonchev–Trinajstić information content (AvgIpc) is 2.72. The van der Waals surface area contributed by atoms with Gasteiger partial charge in [0.05, 0.1) is 5.25 Å². The molecule has 1 saturated carbocycles. The highest BCUT2D eigenvalue weighted by molar-refractivity contribution is 7.81. The van der Waals surface area contributed by atoms with Crippen molar-refractivity contribution in [1.29, 1.82) is 0 Å². The van der Waals surface area contributed by atoms with E-state index in [1.54, 1.807) is 0 Å². The molecular weight excluding hydrogens is 242 g/mol. The van der Waals surface area contributed by atoms with E-state index in [0.717, 1.165) is 6.54 Å². The average molecular weight is 271 g/mol. The highest BCUT2D eigenvalue weighted by Gasteiger charge is 2.35. The van der Waals surface area contributed by atoms with Crippen LogP contribution in [0.5, 0.6) is 0 Å². The minimum absolute atomic E-state index is 0.100. The first-order valence-electron chi connectivity index (χ1n) is 7.32. The number of thiol groups is 1. The molecular formula is C15H29NOS. The van der Waals surface area contributed by atoms with Gasteiger partial charge in [-0.1, -0.05) is 40.5 Å². The summed E-state index contributed by atoms with van der Waals surface area (Å²) in [5.74, 6) is 1.10. The zero-order valence-corrected chi connectivity index (χ0v) is 13.2. The predicted molar refractivity (Wildman–Crippen MR) is 81.0 cm³/mol. The van der Waals surface area contributed by atoms with Crippen molar-refractivity contribution < 1.29 is 4.79 Å². The Kier molecular flexibility index (Phi) is 6.03. The molecule has 0 spiro atoms. The number of rotatable bonds is 6. The summed E-state index contributed by atoms with van der Waals surface area (Å²) in [6.07, 6.45) is 6.40. The molecule has 1 rings (SSSR count). The third-order valence-corrected chi connectivity index (χ3v) is 4.87. The first kappa shape index (κ1) is 15.9. The van der Waals surface area contributed by atoms with Crippen LogP contribution in [0.3, 0.4) is 0 Å². The quantitative estimate of drug-likeness (QED) is 0.709. The molecule has 2 nitrogen and oxygen atoms in total. The van der Waals surface area contributed by atoms with Crippen LogP contribution in [0.25, 0.3) is 0 Å². The van der Waals surface area contributed by atoms with Crippen LogP contribution in [-0.4, -0.2) is 17.7 Å². The lowest BCUT2D eigenvalue weighted by Crippen LogP contribution is -2.41. The van der Waals surface area contributed by atoms with Crippen LogP contribution >= 0.6 is 12.6 Å². The normalized spacial score (nSPS) is 20.4. The third-order valence-electron chi connectivity index (χ3n) is 4.04. The van der Waals surface area contributed by atoms with E-state index in [2.05, 4.69) is 31.8 Å². The zero-order chi connectivity index (χ0) is 13.8. The molecule has 1 unspecified atom stereocenters. The summed E-state index contributed by atoms with van der Waals surface area (Å²) in [6.45, 7) is 9.47. The van der Waals surface area contributed by atoms with Crippen LogP contribution < -0.4 is 5.32 Å². The standard InChI is InChI=1S/C15H29NOS/c1-11(2)9-15(7-5-6-8-15)10-16-14(17)13(18)12(3)4/h11-13,18H,5-10H2,1-4H3,(H,16,17). The topological polar surface area (TPSA) is 29.1 Å². The van der Waals surface area contributed by atoms with Crippen LogP contribution in [0, 0.1) is 17.3 Å². The lowest BCUT2D eigenvalue weighted by Gasteiger charge is -2.31. The number of hydrogen-bond acceptors (Lipinski definition) is 2. The molecule has 0 radical (unpaired) electrons. The van der Waals surface area contributed by atoms with Crippen molar-refractivity contribution in [3.8, 4) is 0 Å². The Bertz CT molecular complexity index is 270. The maximum absolute atomic E-state index is 12.0. The molecule has 0 saturated heterocycles. The van der Waals surface area contributed by atoms with Gasteiger partial charge in [0.25, 0.3) is 0 Å². The van der Waals surface area contributed by atoms with Crippen molar-refractivity contribution in [3.63, 3.8) is 0 Å². The summed E-state index contributed by atoms with van der Waals surface area (Å²) in [7, 11) is 0. The number of amides is 1. The molecule has 0 aromatic rings. The maximum atomic E-state index is 12.0. The van der Waals surface area contributed by atoms with E-state index >= 15 is 0 Å². The number of nitrogens with one attached hydrogen (secondary N) is 1. The highest BCUT2D eigenvalue weighted by atomic mass is 32.1. The lowest BCUT2D eigenvalue weighted by atomic mass is 9.78. The SMILES string of the molecule is CC(C)CC1(CNC(=O)C(S)C(C)C)CCCC1. The second-order valence-electron chi connectivity index (χ2n) is 6.71.